The molecule has 0 aliphatic rings. The SMILES string of the molecule is COc1ccccc1CNc1nc(-c2cccnc2)nn1C(=O)c1cccc(C)c1. The van der Waals surface area contributed by atoms with Crippen LogP contribution in [0.25, 0.3) is 11.4 Å². The lowest BCUT2D eigenvalue weighted by Crippen LogP contribution is -2.17. The summed E-state index contributed by atoms with van der Waals surface area (Å²) in [5.74, 6) is 1.27. The van der Waals surface area contributed by atoms with Crippen LogP contribution in [-0.4, -0.2) is 32.8 Å². The Morgan fingerprint density at radius 1 is 1.10 bits per heavy atom. The molecule has 0 aliphatic carbocycles. The monoisotopic (exact) mass is 399 g/mol. The van der Waals surface area contributed by atoms with Crippen molar-refractivity contribution in [2.45, 2.75) is 13.5 Å². The van der Waals surface area contributed by atoms with Crippen molar-refractivity contribution in [2.24, 2.45) is 0 Å². The van der Waals surface area contributed by atoms with Crippen LogP contribution in [-0.2, 0) is 6.54 Å². The number of anilines is 1. The Balaban J connectivity index is 1.70. The number of carbonyl (C=O) groups excluding carboxylic acids is 1. The molecule has 7 nitrogen and oxygen atoms in total. The number of pyridine rings is 1. The highest BCUT2D eigenvalue weighted by Crippen LogP contribution is 2.21. The molecule has 0 saturated carbocycles. The molecule has 0 atom stereocenters. The first-order chi connectivity index (χ1) is 14.7. The van der Waals surface area contributed by atoms with Gasteiger partial charge in [0.2, 0.25) is 5.95 Å². The number of benzene rings is 2. The Hall–Kier alpha value is -4.00. The molecule has 0 aliphatic heterocycles. The topological polar surface area (TPSA) is 81.9 Å². The van der Waals surface area contributed by atoms with Gasteiger partial charge in [-0.2, -0.15) is 9.67 Å². The molecule has 4 rings (SSSR count). The number of hydrogen-bond acceptors (Lipinski definition) is 6. The van der Waals surface area contributed by atoms with Gasteiger partial charge in [-0.15, -0.1) is 5.10 Å². The van der Waals surface area contributed by atoms with E-state index < -0.39 is 0 Å². The molecule has 30 heavy (non-hydrogen) atoms. The lowest BCUT2D eigenvalue weighted by molar-refractivity contribution is 0.0947. The second-order valence-corrected chi connectivity index (χ2v) is 6.75. The zero-order valence-electron chi connectivity index (χ0n) is 16.7. The number of para-hydroxylation sites is 1. The van der Waals surface area contributed by atoms with Gasteiger partial charge in [0.15, 0.2) is 5.82 Å². The van der Waals surface area contributed by atoms with E-state index in [4.69, 9.17) is 4.74 Å². The number of carbonyl (C=O) groups is 1. The summed E-state index contributed by atoms with van der Waals surface area (Å²) in [6.45, 7) is 2.37. The standard InChI is InChI=1S/C23H21N5O2/c1-16-7-5-9-17(13-16)22(29)28-23(25-15-18-8-3-4-11-20(18)30-2)26-21(27-28)19-10-6-12-24-14-19/h3-14H,15H2,1-2H3,(H,25,26,27). The van der Waals surface area contributed by atoms with E-state index in [9.17, 15) is 4.79 Å². The van der Waals surface area contributed by atoms with Crippen LogP contribution in [0.2, 0.25) is 0 Å². The maximum atomic E-state index is 13.2. The van der Waals surface area contributed by atoms with E-state index in [2.05, 4.69) is 20.4 Å². The van der Waals surface area contributed by atoms with Crippen LogP contribution < -0.4 is 10.1 Å². The summed E-state index contributed by atoms with van der Waals surface area (Å²) in [5.41, 5.74) is 3.21. The average Bonchev–Trinajstić information content (AvgIpc) is 3.22. The summed E-state index contributed by atoms with van der Waals surface area (Å²) >= 11 is 0. The van der Waals surface area contributed by atoms with Crippen molar-refractivity contribution < 1.29 is 9.53 Å². The summed E-state index contributed by atoms with van der Waals surface area (Å²) in [6.07, 6.45) is 3.35. The van der Waals surface area contributed by atoms with Crippen molar-refractivity contribution in [3.05, 3.63) is 89.7 Å². The molecule has 0 fully saturated rings. The van der Waals surface area contributed by atoms with E-state index in [0.29, 0.717) is 23.9 Å². The van der Waals surface area contributed by atoms with E-state index in [1.807, 2.05) is 55.5 Å². The highest BCUT2D eigenvalue weighted by molar-refractivity contribution is 5.97. The van der Waals surface area contributed by atoms with Crippen molar-refractivity contribution >= 4 is 11.9 Å². The Morgan fingerprint density at radius 3 is 2.73 bits per heavy atom. The first-order valence-corrected chi connectivity index (χ1v) is 9.50. The third-order valence-electron chi connectivity index (χ3n) is 4.61. The van der Waals surface area contributed by atoms with Crippen LogP contribution in [0.1, 0.15) is 21.5 Å². The van der Waals surface area contributed by atoms with Gasteiger partial charge < -0.3 is 10.1 Å². The number of nitrogens with one attached hydrogen (secondary N) is 1. The molecule has 0 spiro atoms. The predicted octanol–water partition coefficient (Wildman–Crippen LogP) is 3.96. The molecule has 7 heteroatoms. The van der Waals surface area contributed by atoms with Crippen molar-refractivity contribution in [3.63, 3.8) is 0 Å². The van der Waals surface area contributed by atoms with Crippen LogP contribution in [0, 0.1) is 6.92 Å². The zero-order valence-corrected chi connectivity index (χ0v) is 16.7. The van der Waals surface area contributed by atoms with Crippen LogP contribution in [0.5, 0.6) is 5.75 Å². The highest BCUT2D eigenvalue weighted by Gasteiger charge is 2.19. The van der Waals surface area contributed by atoms with Gasteiger partial charge >= 0.3 is 0 Å². The largest absolute Gasteiger partial charge is 0.496 e. The fourth-order valence-corrected chi connectivity index (χ4v) is 3.11. The molecular formula is C23H21N5O2. The lowest BCUT2D eigenvalue weighted by Gasteiger charge is -2.10. The maximum Gasteiger partial charge on any atom is 0.281 e. The van der Waals surface area contributed by atoms with Gasteiger partial charge in [-0.05, 0) is 37.3 Å². The Labute approximate surface area is 174 Å². The van der Waals surface area contributed by atoms with E-state index in [1.54, 1.807) is 31.6 Å². The first kappa shape index (κ1) is 19.3. The predicted molar refractivity (Wildman–Crippen MR) is 114 cm³/mol. The number of hydrogen-bond donors (Lipinski definition) is 1. The fourth-order valence-electron chi connectivity index (χ4n) is 3.11. The van der Waals surface area contributed by atoms with Crippen LogP contribution in [0.3, 0.4) is 0 Å². The second kappa shape index (κ2) is 8.57. The Kier molecular flexibility index (Phi) is 5.52. The van der Waals surface area contributed by atoms with Crippen LogP contribution in [0.4, 0.5) is 5.95 Å². The summed E-state index contributed by atoms with van der Waals surface area (Å²) < 4.78 is 6.71. The third-order valence-corrected chi connectivity index (χ3v) is 4.61. The lowest BCUT2D eigenvalue weighted by atomic mass is 10.1. The van der Waals surface area contributed by atoms with Gasteiger partial charge in [0.05, 0.1) is 7.11 Å². The molecule has 0 bridgehead atoms. The minimum atomic E-state index is -0.260. The quantitative estimate of drug-likeness (QED) is 0.529. The zero-order chi connectivity index (χ0) is 20.9. The molecule has 2 heterocycles. The van der Waals surface area contributed by atoms with Gasteiger partial charge in [0.1, 0.15) is 5.75 Å². The second-order valence-electron chi connectivity index (χ2n) is 6.75. The molecule has 4 aromatic rings. The van der Waals surface area contributed by atoms with E-state index in [0.717, 1.165) is 22.4 Å². The number of aryl methyl sites for hydroxylation is 1. The summed E-state index contributed by atoms with van der Waals surface area (Å²) in [5, 5.41) is 7.69. The van der Waals surface area contributed by atoms with E-state index in [-0.39, 0.29) is 5.91 Å². The Morgan fingerprint density at radius 2 is 1.97 bits per heavy atom. The summed E-state index contributed by atoms with van der Waals surface area (Å²) in [6, 6.07) is 18.7. The normalized spacial score (nSPS) is 10.6. The number of ether oxygens (including phenoxy) is 1. The number of nitrogens with zero attached hydrogens (tertiary/aromatic N) is 4. The number of aromatic nitrogens is 4. The smallest absolute Gasteiger partial charge is 0.281 e. The van der Waals surface area contributed by atoms with Crippen molar-refractivity contribution in [1.82, 2.24) is 19.7 Å². The van der Waals surface area contributed by atoms with Crippen LogP contribution >= 0.6 is 0 Å². The van der Waals surface area contributed by atoms with Crippen LogP contribution in [0.15, 0.2) is 73.1 Å². The molecule has 150 valence electrons. The molecule has 0 radical (unpaired) electrons. The van der Waals surface area contributed by atoms with Crippen molar-refractivity contribution in [1.29, 1.82) is 0 Å². The number of rotatable bonds is 6. The average molecular weight is 399 g/mol. The van der Waals surface area contributed by atoms with Gasteiger partial charge in [0, 0.05) is 35.6 Å². The molecular weight excluding hydrogens is 378 g/mol. The van der Waals surface area contributed by atoms with Gasteiger partial charge in [-0.3, -0.25) is 9.78 Å². The van der Waals surface area contributed by atoms with Crippen molar-refractivity contribution in [2.75, 3.05) is 12.4 Å². The first-order valence-electron chi connectivity index (χ1n) is 9.50. The van der Waals surface area contributed by atoms with E-state index in [1.165, 1.54) is 4.68 Å². The molecule has 1 N–H and O–H groups in total. The Bertz CT molecular complexity index is 1170. The summed E-state index contributed by atoms with van der Waals surface area (Å²) in [4.78, 5) is 21.9. The number of methoxy groups -OCH3 is 1. The third kappa shape index (κ3) is 4.05. The maximum absolute atomic E-state index is 13.2. The van der Waals surface area contributed by atoms with Crippen molar-refractivity contribution in [3.8, 4) is 17.1 Å². The minimum Gasteiger partial charge on any atom is -0.496 e. The van der Waals surface area contributed by atoms with Gasteiger partial charge in [-0.1, -0.05) is 35.9 Å². The highest BCUT2D eigenvalue weighted by atomic mass is 16.5. The minimum absolute atomic E-state index is 0.260. The molecule has 2 aromatic heterocycles. The molecule has 2 aromatic carbocycles. The fraction of sp³-hybridized carbons (Fsp3) is 0.130. The van der Waals surface area contributed by atoms with Gasteiger partial charge in [0.25, 0.3) is 5.91 Å². The van der Waals surface area contributed by atoms with E-state index >= 15 is 0 Å². The summed E-state index contributed by atoms with van der Waals surface area (Å²) in [7, 11) is 1.63. The molecule has 0 unspecified atom stereocenters. The molecule has 0 saturated heterocycles. The molecule has 0 amide bonds. The van der Waals surface area contributed by atoms with Gasteiger partial charge in [-0.25, -0.2) is 0 Å².